The Morgan fingerprint density at radius 1 is 1.30 bits per heavy atom. The smallest absolute Gasteiger partial charge is 0.186 e. The zero-order chi connectivity index (χ0) is 14.3. The summed E-state index contributed by atoms with van der Waals surface area (Å²) >= 11 is 1.70. The van der Waals surface area contributed by atoms with Gasteiger partial charge in [0.2, 0.25) is 0 Å². The van der Waals surface area contributed by atoms with Gasteiger partial charge < -0.3 is 4.90 Å². The van der Waals surface area contributed by atoms with Crippen molar-refractivity contribution in [3.63, 3.8) is 0 Å². The molecule has 2 aromatic rings. The fourth-order valence-electron chi connectivity index (χ4n) is 2.69. The standard InChI is InChI=1S/C14H18N2O2S2/c1-10-4-3-5-12-13(10)19-14(15-12)16-8-6-11(7-9-16)20(2,17)18/h3-5,11H,6-9H2,1-2H3. The van der Waals surface area contributed by atoms with Crippen LogP contribution in [0.5, 0.6) is 0 Å². The van der Waals surface area contributed by atoms with Crippen LogP contribution in [-0.2, 0) is 9.84 Å². The molecule has 2 heterocycles. The predicted octanol–water partition coefficient (Wildman–Crippen LogP) is 2.62. The van der Waals surface area contributed by atoms with Crippen LogP contribution in [0.3, 0.4) is 0 Å². The Balaban J connectivity index is 1.82. The van der Waals surface area contributed by atoms with Crippen LogP contribution in [-0.4, -0.2) is 38.0 Å². The number of nitrogens with zero attached hydrogens (tertiary/aromatic N) is 2. The van der Waals surface area contributed by atoms with Gasteiger partial charge in [-0.25, -0.2) is 13.4 Å². The molecule has 20 heavy (non-hydrogen) atoms. The Morgan fingerprint density at radius 2 is 2.00 bits per heavy atom. The summed E-state index contributed by atoms with van der Waals surface area (Å²) in [4.78, 5) is 6.89. The molecule has 0 amide bonds. The minimum Gasteiger partial charge on any atom is -0.348 e. The van der Waals surface area contributed by atoms with Crippen LogP contribution < -0.4 is 4.90 Å². The molecule has 108 valence electrons. The van der Waals surface area contributed by atoms with Gasteiger partial charge in [-0.2, -0.15) is 0 Å². The fraction of sp³-hybridized carbons (Fsp3) is 0.500. The molecular weight excluding hydrogens is 292 g/mol. The van der Waals surface area contributed by atoms with Crippen molar-refractivity contribution < 1.29 is 8.42 Å². The van der Waals surface area contributed by atoms with Gasteiger partial charge in [-0.15, -0.1) is 0 Å². The third kappa shape index (κ3) is 2.54. The maximum absolute atomic E-state index is 11.6. The maximum Gasteiger partial charge on any atom is 0.186 e. The molecular formula is C14H18N2O2S2. The molecule has 1 aliphatic rings. The van der Waals surface area contributed by atoms with Crippen molar-refractivity contribution >= 4 is 36.5 Å². The third-order valence-electron chi connectivity index (χ3n) is 3.92. The van der Waals surface area contributed by atoms with E-state index in [1.807, 2.05) is 12.1 Å². The number of aryl methyl sites for hydroxylation is 1. The van der Waals surface area contributed by atoms with Crippen LogP contribution in [0.15, 0.2) is 18.2 Å². The summed E-state index contributed by atoms with van der Waals surface area (Å²) in [6, 6.07) is 6.16. The van der Waals surface area contributed by atoms with Crippen molar-refractivity contribution in [2.24, 2.45) is 0 Å². The molecule has 1 aromatic heterocycles. The monoisotopic (exact) mass is 310 g/mol. The topological polar surface area (TPSA) is 50.3 Å². The molecule has 0 bridgehead atoms. The first-order valence-corrected chi connectivity index (χ1v) is 9.52. The highest BCUT2D eigenvalue weighted by Gasteiger charge is 2.27. The van der Waals surface area contributed by atoms with E-state index in [1.165, 1.54) is 16.5 Å². The fourth-order valence-corrected chi connectivity index (χ4v) is 4.84. The molecule has 0 N–H and O–H groups in total. The summed E-state index contributed by atoms with van der Waals surface area (Å²) in [5, 5.41) is 0.830. The highest BCUT2D eigenvalue weighted by atomic mass is 32.2. The van der Waals surface area contributed by atoms with Crippen molar-refractivity contribution in [3.05, 3.63) is 23.8 Å². The molecule has 0 atom stereocenters. The second kappa shape index (κ2) is 5.00. The number of piperidine rings is 1. The van der Waals surface area contributed by atoms with E-state index in [9.17, 15) is 8.42 Å². The van der Waals surface area contributed by atoms with Gasteiger partial charge in [0, 0.05) is 19.3 Å². The number of hydrogen-bond donors (Lipinski definition) is 0. The molecule has 0 radical (unpaired) electrons. The summed E-state index contributed by atoms with van der Waals surface area (Å²) in [5.41, 5.74) is 2.28. The number of aromatic nitrogens is 1. The van der Waals surface area contributed by atoms with Crippen molar-refractivity contribution in [2.75, 3.05) is 24.2 Å². The van der Waals surface area contributed by atoms with E-state index in [-0.39, 0.29) is 5.25 Å². The Labute approximate surface area is 123 Å². The van der Waals surface area contributed by atoms with Gasteiger partial charge >= 0.3 is 0 Å². The van der Waals surface area contributed by atoms with Gasteiger partial charge in [-0.05, 0) is 31.4 Å². The van der Waals surface area contributed by atoms with Gasteiger partial charge in [-0.3, -0.25) is 0 Å². The third-order valence-corrected chi connectivity index (χ3v) is 6.87. The van der Waals surface area contributed by atoms with Crippen molar-refractivity contribution in [2.45, 2.75) is 25.0 Å². The molecule has 1 aromatic carbocycles. The number of fused-ring (bicyclic) bond motifs is 1. The number of anilines is 1. The molecule has 1 saturated heterocycles. The number of rotatable bonds is 2. The Hall–Kier alpha value is -1.14. The lowest BCUT2D eigenvalue weighted by Gasteiger charge is -2.30. The summed E-state index contributed by atoms with van der Waals surface area (Å²) < 4.78 is 24.4. The second-order valence-corrected chi connectivity index (χ2v) is 8.74. The molecule has 6 heteroatoms. The Bertz CT molecular complexity index is 729. The number of hydrogen-bond acceptors (Lipinski definition) is 5. The molecule has 1 fully saturated rings. The average molecular weight is 310 g/mol. The first-order chi connectivity index (χ1) is 9.45. The van der Waals surface area contributed by atoms with E-state index in [1.54, 1.807) is 11.3 Å². The van der Waals surface area contributed by atoms with Gasteiger partial charge in [0.15, 0.2) is 5.13 Å². The van der Waals surface area contributed by atoms with E-state index in [2.05, 4.69) is 22.9 Å². The van der Waals surface area contributed by atoms with Crippen LogP contribution in [0, 0.1) is 6.92 Å². The van der Waals surface area contributed by atoms with E-state index >= 15 is 0 Å². The normalized spacial score (nSPS) is 17.8. The van der Waals surface area contributed by atoms with Crippen LogP contribution in [0.2, 0.25) is 0 Å². The molecule has 1 aliphatic heterocycles. The minimum absolute atomic E-state index is 0.185. The van der Waals surface area contributed by atoms with Crippen LogP contribution >= 0.6 is 11.3 Å². The van der Waals surface area contributed by atoms with Crippen molar-refractivity contribution in [1.82, 2.24) is 4.98 Å². The SMILES string of the molecule is Cc1cccc2nc(N3CCC(S(C)(=O)=O)CC3)sc12. The molecule has 0 saturated carbocycles. The predicted molar refractivity (Wildman–Crippen MR) is 84.4 cm³/mol. The average Bonchev–Trinajstić information content (AvgIpc) is 2.83. The molecule has 0 unspecified atom stereocenters. The van der Waals surface area contributed by atoms with Crippen LogP contribution in [0.1, 0.15) is 18.4 Å². The summed E-state index contributed by atoms with van der Waals surface area (Å²) in [5.74, 6) is 0. The highest BCUT2D eigenvalue weighted by molar-refractivity contribution is 7.91. The second-order valence-electron chi connectivity index (χ2n) is 5.44. The van der Waals surface area contributed by atoms with E-state index in [0.29, 0.717) is 12.8 Å². The van der Waals surface area contributed by atoms with E-state index < -0.39 is 9.84 Å². The molecule has 0 spiro atoms. The number of benzene rings is 1. The number of sulfone groups is 1. The van der Waals surface area contributed by atoms with Gasteiger partial charge in [0.1, 0.15) is 9.84 Å². The zero-order valence-corrected chi connectivity index (χ0v) is 13.3. The van der Waals surface area contributed by atoms with E-state index in [0.717, 1.165) is 23.7 Å². The molecule has 3 rings (SSSR count). The van der Waals surface area contributed by atoms with Crippen molar-refractivity contribution in [1.29, 1.82) is 0 Å². The molecule has 0 aliphatic carbocycles. The zero-order valence-electron chi connectivity index (χ0n) is 11.7. The Kier molecular flexibility index (Phi) is 3.46. The van der Waals surface area contributed by atoms with Crippen LogP contribution in [0.25, 0.3) is 10.2 Å². The summed E-state index contributed by atoms with van der Waals surface area (Å²) in [7, 11) is -2.91. The lowest BCUT2D eigenvalue weighted by atomic mass is 10.1. The quantitative estimate of drug-likeness (QED) is 0.855. The first kappa shape index (κ1) is 13.8. The van der Waals surface area contributed by atoms with Gasteiger partial charge in [0.25, 0.3) is 0 Å². The Morgan fingerprint density at radius 3 is 2.60 bits per heavy atom. The maximum atomic E-state index is 11.6. The first-order valence-electron chi connectivity index (χ1n) is 6.75. The largest absolute Gasteiger partial charge is 0.348 e. The van der Waals surface area contributed by atoms with Crippen LogP contribution in [0.4, 0.5) is 5.13 Å². The lowest BCUT2D eigenvalue weighted by molar-refractivity contribution is 0.534. The number of thiazole rings is 1. The van der Waals surface area contributed by atoms with Gasteiger partial charge in [-0.1, -0.05) is 23.5 Å². The molecule has 4 nitrogen and oxygen atoms in total. The van der Waals surface area contributed by atoms with E-state index in [4.69, 9.17) is 0 Å². The highest BCUT2D eigenvalue weighted by Crippen LogP contribution is 2.32. The van der Waals surface area contributed by atoms with Gasteiger partial charge in [0.05, 0.1) is 15.5 Å². The summed E-state index contributed by atoms with van der Waals surface area (Å²) in [6.45, 7) is 3.65. The van der Waals surface area contributed by atoms with Crippen molar-refractivity contribution in [3.8, 4) is 0 Å². The summed E-state index contributed by atoms with van der Waals surface area (Å²) in [6.07, 6.45) is 2.75. The lowest BCUT2D eigenvalue weighted by Crippen LogP contribution is -2.38. The minimum atomic E-state index is -2.91.